The van der Waals surface area contributed by atoms with Crippen molar-refractivity contribution in [2.24, 2.45) is 17.4 Å². The van der Waals surface area contributed by atoms with Crippen LogP contribution in [-0.2, 0) is 59.1 Å². The zero-order valence-corrected chi connectivity index (χ0v) is 64.8. The van der Waals surface area contributed by atoms with Gasteiger partial charge < -0.3 is 123 Å². The molecule has 616 valence electrons. The molecule has 22 N–H and O–H groups in total. The van der Waals surface area contributed by atoms with Gasteiger partial charge >= 0.3 is 0 Å². The molecule has 11 bridgehead atoms. The van der Waals surface area contributed by atoms with E-state index in [1.165, 1.54) is 39.1 Å². The van der Waals surface area contributed by atoms with Crippen molar-refractivity contribution in [1.29, 1.82) is 0 Å². The highest BCUT2D eigenvalue weighted by Crippen LogP contribution is 2.50. The van der Waals surface area contributed by atoms with Crippen LogP contribution in [0.1, 0.15) is 111 Å². The van der Waals surface area contributed by atoms with Gasteiger partial charge in [-0.1, -0.05) is 103 Å². The third kappa shape index (κ3) is 18.6. The number of benzene rings is 7. The number of aliphatic hydroxyl groups is 6. The van der Waals surface area contributed by atoms with E-state index in [0.29, 0.717) is 10.6 Å². The van der Waals surface area contributed by atoms with Crippen molar-refractivity contribution in [2.45, 2.75) is 163 Å². The van der Waals surface area contributed by atoms with Gasteiger partial charge in [0.25, 0.3) is 5.91 Å². The summed E-state index contributed by atoms with van der Waals surface area (Å²) in [6, 6.07) is 14.4. The lowest BCUT2D eigenvalue weighted by atomic mass is 9.86. The number of aromatic hydroxyl groups is 3. The van der Waals surface area contributed by atoms with Crippen molar-refractivity contribution >= 4 is 82.1 Å². The normalized spacial score (nSPS) is 27.1. The first-order valence-electron chi connectivity index (χ1n) is 36.7. The molecular weight excluding hydrogens is 1580 g/mol. The lowest BCUT2D eigenvalue weighted by Crippen LogP contribution is -2.64. The van der Waals surface area contributed by atoms with E-state index in [4.69, 9.17) is 74.7 Å². The smallest absolute Gasteiger partial charge is 0.261 e. The molecule has 37 heteroatoms. The van der Waals surface area contributed by atoms with E-state index in [2.05, 4.69) is 48.1 Å². The maximum atomic E-state index is 16.3. The lowest BCUT2D eigenvalue weighted by Gasteiger charge is -2.47. The van der Waals surface area contributed by atoms with E-state index in [0.717, 1.165) is 71.8 Å². The van der Waals surface area contributed by atoms with E-state index in [1.807, 2.05) is 38.1 Å². The standard InChI is InChI=1S/C79H86Cl3N11O23/c1-32(2)20-47(85-5)71(104)91-62-64(99)38-13-18-51(45(81)22-38)112-53-24-40-25-54(68(53)116-78-69(67(102)66(101)55(31-94)114-78)115-57-29-79(4,84)70(103)33(3)111-57)113-52-19-14-39(23-46(52)82)65(100)63-76(109)90-61(77(110)93-86-30-34-6-8-35(9-7-34)36-10-15-41(80)16-11-36)44-26-42(95)27-50(97)58(44)43-21-37(12-17-49(43)96)59(73(106)92-63)89-74(107)60(40)88-72(105)48(28-56(83)98)87-75(62)108/h6-19,21-27,32-33,47-48,55,57,59-67,69-70,78,85-86,94-97,99-103H,20,28-31,84H2,1-5H3,(H2,83,98)(H,87,108)(H,88,105)(H,89,107)(H,90,109)(H,91,104)(H,92,106)(H,93,110)/t33-,47+,48-,55+,57-,59+,60+,61-,62+,63-,64+,65+,66+,67-,69+,70+,78-,79-/m0/s1. The second kappa shape index (κ2) is 35.5. The molecule has 7 aliphatic rings. The van der Waals surface area contributed by atoms with E-state index >= 15 is 19.2 Å². The maximum Gasteiger partial charge on any atom is 0.261 e. The van der Waals surface area contributed by atoms with Crippen LogP contribution in [0.25, 0.3) is 22.3 Å². The Labute approximate surface area is 677 Å². The first-order chi connectivity index (χ1) is 55.1. The molecule has 7 heterocycles. The highest BCUT2D eigenvalue weighted by molar-refractivity contribution is 6.32. The molecule has 2 fully saturated rings. The predicted octanol–water partition coefficient (Wildman–Crippen LogP) is 3.16. The minimum absolute atomic E-state index is 0.0446. The Kier molecular flexibility index (Phi) is 26.0. The van der Waals surface area contributed by atoms with Crippen LogP contribution in [0.15, 0.2) is 127 Å². The van der Waals surface area contributed by atoms with Crippen molar-refractivity contribution in [3.05, 3.63) is 176 Å². The Hall–Kier alpha value is -10.5. The summed E-state index contributed by atoms with van der Waals surface area (Å²) in [6.07, 6.45) is -18.6. The molecule has 0 spiro atoms. The number of nitrogens with one attached hydrogen (secondary N) is 9. The van der Waals surface area contributed by atoms with Gasteiger partial charge in [0.1, 0.15) is 95.5 Å². The van der Waals surface area contributed by atoms with Crippen molar-refractivity contribution in [3.63, 3.8) is 0 Å². The number of rotatable bonds is 17. The summed E-state index contributed by atoms with van der Waals surface area (Å²) in [4.78, 5) is 121. The van der Waals surface area contributed by atoms with Gasteiger partial charge in [-0.3, -0.25) is 43.8 Å². The summed E-state index contributed by atoms with van der Waals surface area (Å²) in [5.74, 6) is -15.0. The quantitative estimate of drug-likeness (QED) is 0.0582. The zero-order chi connectivity index (χ0) is 83.6. The molecule has 7 aliphatic heterocycles. The van der Waals surface area contributed by atoms with Gasteiger partial charge in [-0.25, -0.2) is 5.43 Å². The number of phenolic OH excluding ortho intramolecular Hbond substituents is 3. The summed E-state index contributed by atoms with van der Waals surface area (Å²) in [7, 11) is 1.48. The summed E-state index contributed by atoms with van der Waals surface area (Å²) >= 11 is 20.4. The van der Waals surface area contributed by atoms with Gasteiger partial charge in [-0.2, -0.15) is 0 Å². The Morgan fingerprint density at radius 2 is 1.27 bits per heavy atom. The highest BCUT2D eigenvalue weighted by Gasteiger charge is 2.52. The number of carbonyl (C=O) groups is 8. The first-order valence-corrected chi connectivity index (χ1v) is 37.8. The fourth-order valence-corrected chi connectivity index (χ4v) is 14.8. The fraction of sp³-hybridized carbons (Fsp3) is 0.367. The minimum atomic E-state index is -2.35. The number of hydrogen-bond donors (Lipinski definition) is 20. The zero-order valence-electron chi connectivity index (χ0n) is 62.6. The molecule has 18 atom stereocenters. The van der Waals surface area contributed by atoms with E-state index in [-0.39, 0.29) is 58.5 Å². The van der Waals surface area contributed by atoms with Crippen LogP contribution >= 0.6 is 34.8 Å². The van der Waals surface area contributed by atoms with Gasteiger partial charge in [0.05, 0.1) is 41.3 Å². The molecular formula is C79H86Cl3N11O23. The third-order valence-electron chi connectivity index (χ3n) is 20.4. The molecule has 116 heavy (non-hydrogen) atoms. The van der Waals surface area contributed by atoms with Crippen molar-refractivity contribution in [3.8, 4) is 68.2 Å². The van der Waals surface area contributed by atoms with Gasteiger partial charge in [0.15, 0.2) is 23.9 Å². The second-order valence-electron chi connectivity index (χ2n) is 29.4. The van der Waals surface area contributed by atoms with Crippen LogP contribution < -0.4 is 73.7 Å². The minimum Gasteiger partial charge on any atom is -0.508 e. The number of phenols is 3. The van der Waals surface area contributed by atoms with Gasteiger partial charge in [-0.15, -0.1) is 0 Å². The summed E-state index contributed by atoms with van der Waals surface area (Å²) in [5.41, 5.74) is 16.1. The molecule has 7 aromatic rings. The van der Waals surface area contributed by atoms with Gasteiger partial charge in [-0.05, 0) is 144 Å². The summed E-state index contributed by atoms with van der Waals surface area (Å²) < 4.78 is 38.7. The molecule has 8 amide bonds. The maximum absolute atomic E-state index is 16.3. The van der Waals surface area contributed by atoms with Crippen molar-refractivity contribution < 1.29 is 113 Å². The molecule has 0 radical (unpaired) electrons. The van der Waals surface area contributed by atoms with Crippen molar-refractivity contribution in [2.75, 3.05) is 13.7 Å². The van der Waals surface area contributed by atoms with Crippen LogP contribution in [0.3, 0.4) is 0 Å². The number of hydrazine groups is 1. The van der Waals surface area contributed by atoms with E-state index in [9.17, 15) is 65.1 Å². The molecule has 34 nitrogen and oxygen atoms in total. The third-order valence-corrected chi connectivity index (χ3v) is 21.3. The molecule has 0 saturated carbocycles. The number of amides is 8. The summed E-state index contributed by atoms with van der Waals surface area (Å²) in [5, 5.41) is 123. The highest BCUT2D eigenvalue weighted by atomic mass is 35.5. The molecule has 0 aliphatic carbocycles. The Morgan fingerprint density at radius 1 is 0.664 bits per heavy atom. The summed E-state index contributed by atoms with van der Waals surface area (Å²) in [6.45, 7) is 5.64. The number of nitrogens with two attached hydrogens (primary N) is 2. The number of carbonyl (C=O) groups excluding carboxylic acids is 8. The fourth-order valence-electron chi connectivity index (χ4n) is 14.3. The molecule has 7 aromatic carbocycles. The number of hydrogen-bond acceptors (Lipinski definition) is 26. The van der Waals surface area contributed by atoms with Crippen LogP contribution in [0, 0.1) is 5.92 Å². The van der Waals surface area contributed by atoms with Crippen LogP contribution in [0.4, 0.5) is 0 Å². The van der Waals surface area contributed by atoms with Gasteiger partial charge in [0.2, 0.25) is 53.4 Å². The molecule has 14 rings (SSSR count). The van der Waals surface area contributed by atoms with E-state index in [1.54, 1.807) is 24.3 Å². The van der Waals surface area contributed by atoms with Gasteiger partial charge in [0, 0.05) is 40.7 Å². The molecule has 0 unspecified atom stereocenters. The SMILES string of the molecule is CN[C@H](CC(C)C)C(=O)N[C@H]1C(=O)N[C@@H](CC(N)=O)C(=O)N[C@H]2C(=O)N[C@H]3C(=O)N[C@H](C(=O)N[C@H](C(=O)NNCc4ccc(-c5ccc(Cl)cc5)cc4)c4cc(O)cc(O)c4-c4cc3ccc4O)[C@H](O)c3ccc(c(Cl)c3)Oc3cc2cc(c3O[C@@H]2O[C@H](CO)[C@@H](O)[C@H](O)[C@H]2O[C@H]2C[C@](C)(N)[C@H](O)[C@H](C)O2)Oc2ccc(cc2Cl)[C@H]1O. The predicted molar refractivity (Wildman–Crippen MR) is 414 cm³/mol. The second-order valence-corrected chi connectivity index (χ2v) is 30.7. The average molecular weight is 1660 g/mol. The van der Waals surface area contributed by atoms with E-state index < -0.39 is 231 Å². The number of fused-ring (bicyclic) bond motifs is 15. The monoisotopic (exact) mass is 1660 g/mol. The average Bonchev–Trinajstić information content (AvgIpc) is 0.766. The topological polar surface area (TPSA) is 534 Å². The Morgan fingerprint density at radius 3 is 1.87 bits per heavy atom. The Bertz CT molecular complexity index is 4910. The molecule has 0 aromatic heterocycles. The number of aliphatic hydroxyl groups excluding tert-OH is 6. The number of likely N-dealkylation sites (N-methyl/N-ethyl adjacent to an activating group) is 1. The van der Waals surface area contributed by atoms with Crippen LogP contribution in [-0.4, -0.2) is 186 Å². The van der Waals surface area contributed by atoms with Crippen LogP contribution in [0.2, 0.25) is 15.1 Å². The lowest BCUT2D eigenvalue weighted by molar-refractivity contribution is -0.333. The van der Waals surface area contributed by atoms with Crippen LogP contribution in [0.5, 0.6) is 46.0 Å². The first kappa shape index (κ1) is 84.9. The largest absolute Gasteiger partial charge is 0.508 e. The number of ether oxygens (including phenoxy) is 6. The number of primary amides is 1. The van der Waals surface area contributed by atoms with Crippen molar-refractivity contribution in [1.82, 2.24) is 48.1 Å². The number of halogens is 3. The molecule has 2 saturated heterocycles. The Balaban J connectivity index is 1.04.